The number of carbonyl (C=O) groups is 2. The second-order valence-electron chi connectivity index (χ2n) is 8.87. The summed E-state index contributed by atoms with van der Waals surface area (Å²) in [6.45, 7) is 1.24. The number of pyridine rings is 1. The number of piperidine rings is 1. The average molecular weight is 467 g/mol. The molecule has 4 rings (SSSR count). The minimum absolute atomic E-state index is 0.00885. The van der Waals surface area contributed by atoms with Crippen LogP contribution in [0.25, 0.3) is 6.08 Å². The van der Waals surface area contributed by atoms with Crippen LogP contribution in [-0.4, -0.2) is 47.0 Å². The summed E-state index contributed by atoms with van der Waals surface area (Å²) in [5.41, 5.74) is 0.556. The van der Waals surface area contributed by atoms with Gasteiger partial charge in [0.15, 0.2) is 11.6 Å². The van der Waals surface area contributed by atoms with Gasteiger partial charge in [0.2, 0.25) is 5.91 Å². The molecule has 1 saturated carbocycles. The molecule has 2 aromatic rings. The molecule has 0 spiro atoms. The zero-order valence-corrected chi connectivity index (χ0v) is 19.2. The number of hydrogen-bond acceptors (Lipinski definition) is 4. The topological polar surface area (TPSA) is 83.6 Å². The van der Waals surface area contributed by atoms with E-state index >= 15 is 0 Å². The molecule has 0 unspecified atom stereocenters. The fourth-order valence-corrected chi connectivity index (χ4v) is 4.40. The van der Waals surface area contributed by atoms with E-state index in [0.717, 1.165) is 12.8 Å². The smallest absolute Gasteiger partial charge is 0.317 e. The van der Waals surface area contributed by atoms with Crippen LogP contribution in [0.3, 0.4) is 0 Å². The molecule has 3 amide bonds. The number of ether oxygens (including phenoxy) is 1. The summed E-state index contributed by atoms with van der Waals surface area (Å²) in [7, 11) is 0. The van der Waals surface area contributed by atoms with Crippen molar-refractivity contribution < 1.29 is 18.7 Å². The predicted octanol–water partition coefficient (Wildman–Crippen LogP) is 4.65. The molecule has 7 nitrogen and oxygen atoms in total. The van der Waals surface area contributed by atoms with Crippen molar-refractivity contribution in [1.29, 1.82) is 0 Å². The van der Waals surface area contributed by atoms with Crippen molar-refractivity contribution in [3.05, 3.63) is 60.2 Å². The second kappa shape index (κ2) is 11.6. The van der Waals surface area contributed by atoms with Crippen LogP contribution in [0, 0.1) is 5.82 Å². The van der Waals surface area contributed by atoms with Gasteiger partial charge in [0.25, 0.3) is 0 Å². The number of likely N-dealkylation sites (tertiary alicyclic amines) is 1. The number of aromatic nitrogens is 1. The molecule has 0 atom stereocenters. The Balaban J connectivity index is 1.21. The van der Waals surface area contributed by atoms with E-state index in [-0.39, 0.29) is 23.7 Å². The molecule has 1 aromatic heterocycles. The minimum atomic E-state index is -0.523. The number of carbonyl (C=O) groups excluding carboxylic acids is 2. The van der Waals surface area contributed by atoms with Crippen molar-refractivity contribution in [2.75, 3.05) is 13.1 Å². The standard InChI is InChI=1S/C26H31FN4O3/c27-23-17-19(8-10-24(23)34-22-7-4-14-28-18-22)9-11-25(32)29-21-12-15-31(16-13-21)26(33)30-20-5-2-1-3-6-20/h4,7-11,14,17-18,20-21H,1-3,5-6,12-13,15-16H2,(H,29,32)(H,30,33)/b11-9+. The van der Waals surface area contributed by atoms with Crippen LogP contribution in [0.15, 0.2) is 48.8 Å². The van der Waals surface area contributed by atoms with Crippen molar-refractivity contribution in [2.45, 2.75) is 57.0 Å². The van der Waals surface area contributed by atoms with Crippen LogP contribution >= 0.6 is 0 Å². The van der Waals surface area contributed by atoms with E-state index in [1.807, 2.05) is 4.90 Å². The average Bonchev–Trinajstić information content (AvgIpc) is 2.86. The lowest BCUT2D eigenvalue weighted by Gasteiger charge is -2.34. The monoisotopic (exact) mass is 466 g/mol. The van der Waals surface area contributed by atoms with Gasteiger partial charge in [0, 0.05) is 37.4 Å². The third-order valence-electron chi connectivity index (χ3n) is 6.31. The van der Waals surface area contributed by atoms with E-state index in [1.165, 1.54) is 43.7 Å². The quantitative estimate of drug-likeness (QED) is 0.607. The summed E-state index contributed by atoms with van der Waals surface area (Å²) in [6, 6.07) is 8.24. The van der Waals surface area contributed by atoms with E-state index in [9.17, 15) is 14.0 Å². The minimum Gasteiger partial charge on any atom is -0.453 e. The Morgan fingerprint density at radius 2 is 1.79 bits per heavy atom. The molecule has 180 valence electrons. The molecule has 2 fully saturated rings. The van der Waals surface area contributed by atoms with Gasteiger partial charge in [-0.25, -0.2) is 9.18 Å². The molecule has 0 radical (unpaired) electrons. The first-order chi connectivity index (χ1) is 16.6. The Morgan fingerprint density at radius 1 is 1.03 bits per heavy atom. The number of urea groups is 1. The number of rotatable bonds is 6. The van der Waals surface area contributed by atoms with Crippen LogP contribution in [0.4, 0.5) is 9.18 Å². The third kappa shape index (κ3) is 6.79. The highest BCUT2D eigenvalue weighted by molar-refractivity contribution is 5.92. The molecule has 1 aliphatic carbocycles. The molecule has 34 heavy (non-hydrogen) atoms. The fraction of sp³-hybridized carbons (Fsp3) is 0.423. The normalized spacial score (nSPS) is 17.5. The largest absolute Gasteiger partial charge is 0.453 e. The Labute approximate surface area is 199 Å². The zero-order chi connectivity index (χ0) is 23.8. The van der Waals surface area contributed by atoms with Gasteiger partial charge in [-0.2, -0.15) is 0 Å². The Bertz CT molecular complexity index is 1000. The number of nitrogens with zero attached hydrogens (tertiary/aromatic N) is 2. The zero-order valence-electron chi connectivity index (χ0n) is 19.2. The van der Waals surface area contributed by atoms with Gasteiger partial charge in [0.1, 0.15) is 5.75 Å². The summed E-state index contributed by atoms with van der Waals surface area (Å²) in [6.07, 6.45) is 13.3. The Morgan fingerprint density at radius 3 is 2.50 bits per heavy atom. The van der Waals surface area contributed by atoms with Crippen molar-refractivity contribution in [3.8, 4) is 11.5 Å². The van der Waals surface area contributed by atoms with E-state index in [2.05, 4.69) is 15.6 Å². The molecule has 1 saturated heterocycles. The van der Waals surface area contributed by atoms with Crippen LogP contribution < -0.4 is 15.4 Å². The maximum Gasteiger partial charge on any atom is 0.317 e. The van der Waals surface area contributed by atoms with Crippen LogP contribution in [0.2, 0.25) is 0 Å². The summed E-state index contributed by atoms with van der Waals surface area (Å²) in [5, 5.41) is 6.13. The molecule has 0 bridgehead atoms. The van der Waals surface area contributed by atoms with Gasteiger partial charge in [-0.1, -0.05) is 25.3 Å². The summed E-state index contributed by atoms with van der Waals surface area (Å²) >= 11 is 0. The SMILES string of the molecule is O=C(/C=C/c1ccc(Oc2cccnc2)c(F)c1)NC1CCN(C(=O)NC2CCCCC2)CC1. The number of amides is 3. The molecule has 8 heteroatoms. The number of benzene rings is 1. The van der Waals surface area contributed by atoms with Gasteiger partial charge in [0.05, 0.1) is 6.20 Å². The molecule has 2 N–H and O–H groups in total. The van der Waals surface area contributed by atoms with Crippen molar-refractivity contribution in [2.24, 2.45) is 0 Å². The first kappa shape index (κ1) is 23.7. The first-order valence-electron chi connectivity index (χ1n) is 12.0. The molecule has 2 heterocycles. The van der Waals surface area contributed by atoms with E-state index in [0.29, 0.717) is 43.3 Å². The third-order valence-corrected chi connectivity index (χ3v) is 6.31. The van der Waals surface area contributed by atoms with Gasteiger partial charge in [-0.3, -0.25) is 9.78 Å². The first-order valence-corrected chi connectivity index (χ1v) is 12.0. The lowest BCUT2D eigenvalue weighted by atomic mass is 9.95. The molecule has 1 aromatic carbocycles. The van der Waals surface area contributed by atoms with Gasteiger partial charge in [-0.05, 0) is 61.6 Å². The lowest BCUT2D eigenvalue weighted by molar-refractivity contribution is -0.117. The second-order valence-corrected chi connectivity index (χ2v) is 8.87. The van der Waals surface area contributed by atoms with Crippen LogP contribution in [0.5, 0.6) is 11.5 Å². The maximum atomic E-state index is 14.4. The lowest BCUT2D eigenvalue weighted by Crippen LogP contribution is -2.51. The van der Waals surface area contributed by atoms with Gasteiger partial charge in [-0.15, -0.1) is 0 Å². The number of hydrogen-bond donors (Lipinski definition) is 2. The fourth-order valence-electron chi connectivity index (χ4n) is 4.40. The number of halogens is 1. The highest BCUT2D eigenvalue weighted by Crippen LogP contribution is 2.25. The van der Waals surface area contributed by atoms with Crippen molar-refractivity contribution >= 4 is 18.0 Å². The molecule has 1 aliphatic heterocycles. The highest BCUT2D eigenvalue weighted by atomic mass is 19.1. The van der Waals surface area contributed by atoms with Crippen LogP contribution in [0.1, 0.15) is 50.5 Å². The summed E-state index contributed by atoms with van der Waals surface area (Å²) in [5.74, 6) is -0.220. The number of nitrogens with one attached hydrogen (secondary N) is 2. The molecule has 2 aliphatic rings. The Kier molecular flexibility index (Phi) is 8.12. The van der Waals surface area contributed by atoms with E-state index < -0.39 is 5.82 Å². The van der Waals surface area contributed by atoms with E-state index in [4.69, 9.17) is 4.74 Å². The molecular formula is C26H31FN4O3. The Hall–Kier alpha value is -3.42. The van der Waals surface area contributed by atoms with Crippen molar-refractivity contribution in [3.63, 3.8) is 0 Å². The summed E-state index contributed by atoms with van der Waals surface area (Å²) in [4.78, 5) is 30.6. The molecular weight excluding hydrogens is 435 g/mol. The van der Waals surface area contributed by atoms with Gasteiger partial charge < -0.3 is 20.3 Å². The maximum absolute atomic E-state index is 14.4. The van der Waals surface area contributed by atoms with Gasteiger partial charge >= 0.3 is 6.03 Å². The predicted molar refractivity (Wildman–Crippen MR) is 128 cm³/mol. The summed E-state index contributed by atoms with van der Waals surface area (Å²) < 4.78 is 19.9. The van der Waals surface area contributed by atoms with Crippen LogP contribution in [-0.2, 0) is 4.79 Å². The van der Waals surface area contributed by atoms with E-state index in [1.54, 1.807) is 30.5 Å². The van der Waals surface area contributed by atoms with Crippen molar-refractivity contribution in [1.82, 2.24) is 20.5 Å². The highest BCUT2D eigenvalue weighted by Gasteiger charge is 2.25.